The first kappa shape index (κ1) is 54.9. The molecule has 94 heavy (non-hydrogen) atoms. The van der Waals surface area contributed by atoms with Gasteiger partial charge in [0.2, 0.25) is 0 Å². The number of hydrogen-bond acceptors (Lipinski definition) is 8. The summed E-state index contributed by atoms with van der Waals surface area (Å²) in [6.45, 7) is 4.62. The van der Waals surface area contributed by atoms with Crippen LogP contribution in [-0.4, -0.2) is 39.9 Å². The second kappa shape index (κ2) is 22.1. The van der Waals surface area contributed by atoms with Crippen molar-refractivity contribution in [3.63, 3.8) is 0 Å². The molecule has 0 aliphatic heterocycles. The monoisotopic (exact) mass is 1200 g/mol. The molecule has 8 aromatic carbocycles. The molecular formula is C86H58N8. The van der Waals surface area contributed by atoms with Crippen molar-refractivity contribution >= 4 is 87.7 Å². The van der Waals surface area contributed by atoms with E-state index in [9.17, 15) is 0 Å². The van der Waals surface area contributed by atoms with Crippen LogP contribution in [0.3, 0.4) is 0 Å². The number of rotatable bonds is 9. The zero-order valence-corrected chi connectivity index (χ0v) is 51.7. The second-order valence-electron chi connectivity index (χ2n) is 25.4. The fourth-order valence-electron chi connectivity index (χ4n) is 14.6. The molecule has 0 saturated carbocycles. The van der Waals surface area contributed by atoms with Gasteiger partial charge in [0.05, 0.1) is 61.7 Å². The van der Waals surface area contributed by atoms with Crippen LogP contribution in [0, 0.1) is 5.92 Å². The quantitative estimate of drug-likeness (QED) is 0.104. The Labute approximate surface area is 543 Å². The summed E-state index contributed by atoms with van der Waals surface area (Å²) in [5, 5.41) is 9.97. The third-order valence-corrected chi connectivity index (χ3v) is 19.3. The van der Waals surface area contributed by atoms with Crippen LogP contribution in [0.5, 0.6) is 0 Å². The van der Waals surface area contributed by atoms with Gasteiger partial charge in [-0.2, -0.15) is 0 Å². The van der Waals surface area contributed by atoms with Gasteiger partial charge in [-0.1, -0.05) is 202 Å². The Kier molecular flexibility index (Phi) is 12.9. The van der Waals surface area contributed by atoms with Gasteiger partial charge in [-0.15, -0.1) is 0 Å². The number of allylic oxidation sites excluding steroid dienone is 5. The molecule has 442 valence electrons. The average molecular weight is 1200 g/mol. The second-order valence-corrected chi connectivity index (χ2v) is 25.4. The van der Waals surface area contributed by atoms with E-state index in [2.05, 4.69) is 249 Å². The number of hydrogen-bond donors (Lipinski definition) is 0. The lowest BCUT2D eigenvalue weighted by Crippen LogP contribution is -2.21. The van der Waals surface area contributed by atoms with Gasteiger partial charge in [0.1, 0.15) is 0 Å². The first-order chi connectivity index (χ1) is 46.3. The Morgan fingerprint density at radius 3 is 1.82 bits per heavy atom. The molecule has 0 spiro atoms. The van der Waals surface area contributed by atoms with Crippen LogP contribution in [0.2, 0.25) is 0 Å². The number of nitrogens with zero attached hydrogens (tertiary/aromatic N) is 8. The Morgan fingerprint density at radius 1 is 0.383 bits per heavy atom. The van der Waals surface area contributed by atoms with Crippen molar-refractivity contribution < 1.29 is 0 Å². The molecule has 2 atom stereocenters. The molecule has 8 aromatic heterocycles. The predicted molar refractivity (Wildman–Crippen MR) is 387 cm³/mol. The summed E-state index contributed by atoms with van der Waals surface area (Å²) in [6.07, 6.45) is 20.6. The van der Waals surface area contributed by atoms with Crippen LogP contribution in [0.25, 0.3) is 166 Å². The summed E-state index contributed by atoms with van der Waals surface area (Å²) >= 11 is 0. The average Bonchev–Trinajstić information content (AvgIpc) is 0.753. The largest absolute Gasteiger partial charge is 0.256 e. The minimum Gasteiger partial charge on any atom is -0.256 e. The molecule has 8 heterocycles. The van der Waals surface area contributed by atoms with E-state index in [1.807, 2.05) is 55.1 Å². The normalized spacial score (nSPS) is 15.4. The predicted octanol–water partition coefficient (Wildman–Crippen LogP) is 21.1. The molecule has 0 radical (unpaired) electrons. The maximum atomic E-state index is 5.64. The molecule has 0 N–H and O–H groups in total. The molecule has 2 aliphatic carbocycles. The third kappa shape index (κ3) is 9.52. The number of aromatic nitrogens is 8. The Bertz CT molecular complexity index is 5890. The number of pyridine rings is 8. The van der Waals surface area contributed by atoms with Gasteiger partial charge >= 0.3 is 0 Å². The van der Waals surface area contributed by atoms with Gasteiger partial charge in [0.15, 0.2) is 0 Å². The summed E-state index contributed by atoms with van der Waals surface area (Å²) in [7, 11) is 0. The molecular weight excluding hydrogens is 1150 g/mol. The highest BCUT2D eigenvalue weighted by atomic mass is 14.8. The summed E-state index contributed by atoms with van der Waals surface area (Å²) in [5.74, 6) is 0.360. The van der Waals surface area contributed by atoms with Crippen molar-refractivity contribution in [2.45, 2.75) is 32.1 Å². The fraction of sp³-hybridized carbons (Fsp3) is 0.0698. The van der Waals surface area contributed by atoms with Gasteiger partial charge in [-0.05, 0) is 146 Å². The molecule has 0 saturated heterocycles. The molecule has 16 aromatic rings. The minimum atomic E-state index is -0.329. The van der Waals surface area contributed by atoms with Gasteiger partial charge in [-0.3, -0.25) is 19.9 Å². The van der Waals surface area contributed by atoms with Crippen LogP contribution in [0.4, 0.5) is 0 Å². The molecule has 2 unspecified atom stereocenters. The Morgan fingerprint density at radius 2 is 1.01 bits per heavy atom. The first-order valence-electron chi connectivity index (χ1n) is 32.2. The standard InChI is InChI=1S/C86H58N8/c1-52-23-34-68-77(43-52)94-84-69(36-30-56-17-11-41-88-82(56)84)80(68)65-48-75(55-27-25-54(26-28-55)72-21-7-8-40-87-72)91-78(49-65)74-38-33-63(51-90-74)62-16-10-39-86(2,50-62)71-20-9-15-60-45-61(32-35-66(60)71)76-46-64(59-29-24-53-13-3-4-14-58(53)44-59)47-79(92-76)81-67-19-5-6-22-73(67)93-85-70(81)37-31-57-18-12-42-89-83(57)85/h3-42,44-49,51-52H,43,50H2,1-2H3. The molecule has 18 rings (SSSR count). The van der Waals surface area contributed by atoms with Gasteiger partial charge in [0, 0.05) is 96.2 Å². The van der Waals surface area contributed by atoms with E-state index in [1.54, 1.807) is 0 Å². The first-order valence-corrected chi connectivity index (χ1v) is 32.2. The lowest BCUT2D eigenvalue weighted by molar-refractivity contribution is 0.614. The summed E-state index contributed by atoms with van der Waals surface area (Å²) in [5.41, 5.74) is 23.5. The Balaban J connectivity index is 0.706. The van der Waals surface area contributed by atoms with E-state index in [0.29, 0.717) is 5.92 Å². The molecule has 8 nitrogen and oxygen atoms in total. The summed E-state index contributed by atoms with van der Waals surface area (Å²) in [4.78, 5) is 41.4. The molecule has 0 bridgehead atoms. The number of benzene rings is 8. The summed E-state index contributed by atoms with van der Waals surface area (Å²) < 4.78 is 0. The van der Waals surface area contributed by atoms with Crippen molar-refractivity contribution in [2.24, 2.45) is 5.92 Å². The highest BCUT2D eigenvalue weighted by Gasteiger charge is 2.30. The van der Waals surface area contributed by atoms with Crippen LogP contribution < -0.4 is 0 Å². The topological polar surface area (TPSA) is 103 Å². The van der Waals surface area contributed by atoms with E-state index >= 15 is 0 Å². The molecule has 8 heteroatoms. The highest BCUT2D eigenvalue weighted by Crippen LogP contribution is 2.46. The smallest absolute Gasteiger partial charge is 0.0979 e. The van der Waals surface area contributed by atoms with E-state index < -0.39 is 0 Å². The van der Waals surface area contributed by atoms with Crippen molar-refractivity contribution in [3.8, 4) is 78.7 Å². The maximum Gasteiger partial charge on any atom is 0.0979 e. The van der Waals surface area contributed by atoms with Crippen LogP contribution >= 0.6 is 0 Å². The van der Waals surface area contributed by atoms with Gasteiger partial charge in [-0.25, -0.2) is 19.9 Å². The van der Waals surface area contributed by atoms with Crippen molar-refractivity contribution in [1.29, 1.82) is 0 Å². The zero-order chi connectivity index (χ0) is 62.4. The number of para-hydroxylation sites is 1. The molecule has 0 amide bonds. The third-order valence-electron chi connectivity index (χ3n) is 19.3. The van der Waals surface area contributed by atoms with E-state index in [0.717, 1.165) is 168 Å². The SMILES string of the molecule is CC1C=Cc2c(nc3c(ccc4cccnc43)c2-c2cc(-c3ccc(-c4ccccn4)cc3)nc(-c3ccc(C4=CC=CC(C)(c5cccc6cc(-c7cc(-c8ccc9ccccc9c8)cc(-c8c9ccccc9nc9c8ccc8cccnc89)n7)ccc56)C4)cn3)c2)C1. The van der Waals surface area contributed by atoms with E-state index in [4.69, 9.17) is 34.9 Å². The summed E-state index contributed by atoms with van der Waals surface area (Å²) in [6, 6.07) is 82.1. The van der Waals surface area contributed by atoms with Crippen molar-refractivity contribution in [3.05, 3.63) is 302 Å². The van der Waals surface area contributed by atoms with Crippen molar-refractivity contribution in [1.82, 2.24) is 39.9 Å². The van der Waals surface area contributed by atoms with E-state index in [-0.39, 0.29) is 5.41 Å². The van der Waals surface area contributed by atoms with Crippen LogP contribution in [0.15, 0.2) is 280 Å². The minimum absolute atomic E-state index is 0.329. The zero-order valence-electron chi connectivity index (χ0n) is 51.7. The fourth-order valence-corrected chi connectivity index (χ4v) is 14.6. The lowest BCUT2D eigenvalue weighted by atomic mass is 9.72. The van der Waals surface area contributed by atoms with Crippen LogP contribution in [0.1, 0.15) is 42.7 Å². The van der Waals surface area contributed by atoms with Gasteiger partial charge in [0.25, 0.3) is 0 Å². The van der Waals surface area contributed by atoms with Crippen molar-refractivity contribution in [2.75, 3.05) is 0 Å². The van der Waals surface area contributed by atoms with E-state index in [1.165, 1.54) is 27.3 Å². The Hall–Kier alpha value is -12.0. The van der Waals surface area contributed by atoms with Crippen LogP contribution in [-0.2, 0) is 11.8 Å². The molecule has 2 aliphatic rings. The number of fused-ring (bicyclic) bond motifs is 10. The van der Waals surface area contributed by atoms with Gasteiger partial charge < -0.3 is 0 Å². The maximum absolute atomic E-state index is 5.64. The lowest BCUT2D eigenvalue weighted by Gasteiger charge is -2.32. The molecule has 0 fully saturated rings. The highest BCUT2D eigenvalue weighted by molar-refractivity contribution is 6.16.